The molecule has 2 N–H and O–H groups in total. The quantitative estimate of drug-likeness (QED) is 0.679. The van der Waals surface area contributed by atoms with Crippen LogP contribution < -0.4 is 5.32 Å². The van der Waals surface area contributed by atoms with Crippen molar-refractivity contribution >= 4 is 34.3 Å². The first-order valence-electron chi connectivity index (χ1n) is 3.85. The molecule has 0 aromatic heterocycles. The highest BCUT2D eigenvalue weighted by atomic mass is 32.2. The van der Waals surface area contributed by atoms with E-state index in [1.807, 2.05) is 6.92 Å². The van der Waals surface area contributed by atoms with Crippen molar-refractivity contribution < 1.29 is 9.90 Å². The molecule has 0 amide bonds. The fourth-order valence-corrected chi connectivity index (χ4v) is 2.83. The summed E-state index contributed by atoms with van der Waals surface area (Å²) in [5.74, 6) is -0.805. The van der Waals surface area contributed by atoms with Crippen molar-refractivity contribution in [2.75, 3.05) is 0 Å². The molecule has 0 aliphatic carbocycles. The van der Waals surface area contributed by atoms with Crippen LogP contribution in [-0.4, -0.2) is 26.7 Å². The van der Waals surface area contributed by atoms with Crippen molar-refractivity contribution in [3.8, 4) is 0 Å². The third-order valence-corrected chi connectivity index (χ3v) is 3.29. The van der Waals surface area contributed by atoms with Gasteiger partial charge in [0.2, 0.25) is 0 Å². The smallest absolute Gasteiger partial charge is 0.327 e. The Morgan fingerprint density at radius 2 is 2.50 bits per heavy atom. The van der Waals surface area contributed by atoms with E-state index in [0.29, 0.717) is 4.32 Å². The van der Waals surface area contributed by atoms with Crippen molar-refractivity contribution in [2.45, 2.75) is 31.1 Å². The van der Waals surface area contributed by atoms with Crippen LogP contribution in [-0.2, 0) is 4.79 Å². The summed E-state index contributed by atoms with van der Waals surface area (Å²) in [4.78, 5) is 10.7. The molecule has 1 aliphatic heterocycles. The first kappa shape index (κ1) is 9.80. The number of thioether (sulfide) groups is 1. The molecule has 1 heterocycles. The van der Waals surface area contributed by atoms with Crippen LogP contribution in [0.4, 0.5) is 0 Å². The SMILES string of the molecule is CCCC1SC(=S)NC1C(=O)O. The second-order valence-electron chi connectivity index (χ2n) is 2.69. The number of aliphatic carboxylic acids is 1. The zero-order chi connectivity index (χ0) is 9.14. The first-order chi connectivity index (χ1) is 5.65. The number of nitrogens with one attached hydrogen (secondary N) is 1. The van der Waals surface area contributed by atoms with Crippen LogP contribution in [0.2, 0.25) is 0 Å². The molecule has 1 rings (SSSR count). The molecule has 3 nitrogen and oxygen atoms in total. The highest BCUT2D eigenvalue weighted by Gasteiger charge is 2.35. The minimum Gasteiger partial charge on any atom is -0.480 e. The van der Waals surface area contributed by atoms with Crippen molar-refractivity contribution in [2.24, 2.45) is 0 Å². The predicted octanol–water partition coefficient (Wildman–Crippen LogP) is 1.23. The van der Waals surface area contributed by atoms with E-state index in [2.05, 4.69) is 5.32 Å². The third kappa shape index (κ3) is 2.10. The van der Waals surface area contributed by atoms with Gasteiger partial charge in [0.1, 0.15) is 10.4 Å². The summed E-state index contributed by atoms with van der Waals surface area (Å²) in [5, 5.41) is 11.7. The molecule has 0 aromatic rings. The number of carboxylic acid groups (broad SMARTS) is 1. The summed E-state index contributed by atoms with van der Waals surface area (Å²) in [6, 6.07) is -0.484. The van der Waals surface area contributed by atoms with Gasteiger partial charge in [-0.15, -0.1) is 0 Å². The van der Waals surface area contributed by atoms with E-state index >= 15 is 0 Å². The Kier molecular flexibility index (Phi) is 3.34. The number of carbonyl (C=O) groups is 1. The highest BCUT2D eigenvalue weighted by Crippen LogP contribution is 2.27. The number of hydrogen-bond acceptors (Lipinski definition) is 3. The van der Waals surface area contributed by atoms with Crippen molar-refractivity contribution in [3.63, 3.8) is 0 Å². The summed E-state index contributed by atoms with van der Waals surface area (Å²) in [7, 11) is 0. The molecular formula is C7H11NO2S2. The van der Waals surface area contributed by atoms with Gasteiger partial charge in [-0.2, -0.15) is 0 Å². The van der Waals surface area contributed by atoms with Gasteiger partial charge in [0.05, 0.1) is 0 Å². The van der Waals surface area contributed by atoms with Crippen LogP contribution in [0.5, 0.6) is 0 Å². The fourth-order valence-electron chi connectivity index (χ4n) is 1.19. The highest BCUT2D eigenvalue weighted by molar-refractivity contribution is 8.23. The lowest BCUT2D eigenvalue weighted by Crippen LogP contribution is -2.38. The van der Waals surface area contributed by atoms with Crippen LogP contribution in [0.1, 0.15) is 19.8 Å². The van der Waals surface area contributed by atoms with E-state index in [4.69, 9.17) is 17.3 Å². The van der Waals surface area contributed by atoms with Crippen molar-refractivity contribution in [1.29, 1.82) is 0 Å². The zero-order valence-electron chi connectivity index (χ0n) is 6.74. The van der Waals surface area contributed by atoms with Crippen LogP contribution in [0.25, 0.3) is 0 Å². The summed E-state index contributed by atoms with van der Waals surface area (Å²) < 4.78 is 0.612. The lowest BCUT2D eigenvalue weighted by molar-refractivity contribution is -0.138. The van der Waals surface area contributed by atoms with Gasteiger partial charge in [0.15, 0.2) is 0 Å². The molecular weight excluding hydrogens is 194 g/mol. The Hall–Kier alpha value is -0.290. The van der Waals surface area contributed by atoms with E-state index in [1.165, 1.54) is 11.8 Å². The number of thiocarbonyl (C=S) groups is 1. The average Bonchev–Trinajstić information content (AvgIpc) is 2.32. The third-order valence-electron chi connectivity index (χ3n) is 1.74. The maximum atomic E-state index is 10.7. The largest absolute Gasteiger partial charge is 0.480 e. The molecule has 0 saturated carbocycles. The maximum absolute atomic E-state index is 10.7. The van der Waals surface area contributed by atoms with Gasteiger partial charge in [-0.05, 0) is 6.42 Å². The number of rotatable bonds is 3. The monoisotopic (exact) mass is 205 g/mol. The van der Waals surface area contributed by atoms with Gasteiger partial charge in [0, 0.05) is 5.25 Å². The number of carboxylic acids is 1. The molecule has 2 atom stereocenters. The van der Waals surface area contributed by atoms with E-state index in [-0.39, 0.29) is 5.25 Å². The summed E-state index contributed by atoms with van der Waals surface area (Å²) in [6.45, 7) is 2.04. The summed E-state index contributed by atoms with van der Waals surface area (Å²) in [6.07, 6.45) is 1.89. The fraction of sp³-hybridized carbons (Fsp3) is 0.714. The van der Waals surface area contributed by atoms with E-state index in [9.17, 15) is 4.79 Å². The van der Waals surface area contributed by atoms with Gasteiger partial charge >= 0.3 is 5.97 Å². The average molecular weight is 205 g/mol. The standard InChI is InChI=1S/C7H11NO2S2/c1-2-3-4-5(6(9)10)8-7(11)12-4/h4-5H,2-3H2,1H3,(H,8,11)(H,9,10). The summed E-state index contributed by atoms with van der Waals surface area (Å²) >= 11 is 6.36. The van der Waals surface area contributed by atoms with Crippen molar-refractivity contribution in [1.82, 2.24) is 5.32 Å². The molecule has 12 heavy (non-hydrogen) atoms. The summed E-state index contributed by atoms with van der Waals surface area (Å²) in [5.41, 5.74) is 0. The van der Waals surface area contributed by atoms with Crippen LogP contribution in [0, 0.1) is 0 Å². The maximum Gasteiger partial charge on any atom is 0.327 e. The topological polar surface area (TPSA) is 49.3 Å². The Morgan fingerprint density at radius 1 is 1.83 bits per heavy atom. The first-order valence-corrected chi connectivity index (χ1v) is 5.14. The molecule has 0 bridgehead atoms. The van der Waals surface area contributed by atoms with Gasteiger partial charge in [-0.1, -0.05) is 37.3 Å². The molecule has 68 valence electrons. The van der Waals surface area contributed by atoms with Crippen LogP contribution in [0.3, 0.4) is 0 Å². The Labute approximate surface area is 80.9 Å². The molecule has 5 heteroatoms. The molecule has 0 radical (unpaired) electrons. The van der Waals surface area contributed by atoms with Gasteiger partial charge in [-0.3, -0.25) is 0 Å². The predicted molar refractivity (Wildman–Crippen MR) is 53.4 cm³/mol. The molecule has 0 aromatic carbocycles. The molecule has 1 fully saturated rings. The molecule has 2 unspecified atom stereocenters. The van der Waals surface area contributed by atoms with E-state index in [1.54, 1.807) is 0 Å². The van der Waals surface area contributed by atoms with Crippen molar-refractivity contribution in [3.05, 3.63) is 0 Å². The Balaban J connectivity index is 2.59. The Morgan fingerprint density at radius 3 is 3.00 bits per heavy atom. The van der Waals surface area contributed by atoms with Gasteiger partial charge < -0.3 is 10.4 Å². The van der Waals surface area contributed by atoms with E-state index < -0.39 is 12.0 Å². The lowest BCUT2D eigenvalue weighted by atomic mass is 10.1. The lowest BCUT2D eigenvalue weighted by Gasteiger charge is -2.11. The number of hydrogen-bond donors (Lipinski definition) is 2. The van der Waals surface area contributed by atoms with Crippen LogP contribution in [0.15, 0.2) is 0 Å². The molecule has 1 saturated heterocycles. The second kappa shape index (κ2) is 4.09. The normalized spacial score (nSPS) is 28.6. The molecule has 1 aliphatic rings. The Bertz CT molecular complexity index is 208. The minimum absolute atomic E-state index is 0.111. The van der Waals surface area contributed by atoms with Crippen LogP contribution >= 0.6 is 24.0 Å². The molecule has 0 spiro atoms. The second-order valence-corrected chi connectivity index (χ2v) is 4.61. The van der Waals surface area contributed by atoms with Gasteiger partial charge in [-0.25, -0.2) is 4.79 Å². The van der Waals surface area contributed by atoms with E-state index in [0.717, 1.165) is 12.8 Å². The van der Waals surface area contributed by atoms with Gasteiger partial charge in [0.25, 0.3) is 0 Å². The zero-order valence-corrected chi connectivity index (χ0v) is 8.37. The minimum atomic E-state index is -0.805.